The van der Waals surface area contributed by atoms with Crippen molar-refractivity contribution >= 4 is 22.1 Å². The Bertz CT molecular complexity index is 985. The Morgan fingerprint density at radius 3 is 1.89 bits per heavy atom. The summed E-state index contributed by atoms with van der Waals surface area (Å²) in [5, 5.41) is 5.96. The second-order valence-corrected chi connectivity index (χ2v) is 6.33. The summed E-state index contributed by atoms with van der Waals surface area (Å²) in [6.45, 7) is 5.54. The van der Waals surface area contributed by atoms with Crippen LogP contribution in [0.1, 0.15) is 13.3 Å². The third-order valence-electron chi connectivity index (χ3n) is 4.32. The lowest BCUT2D eigenvalue weighted by Crippen LogP contribution is -1.89. The van der Waals surface area contributed by atoms with Crippen molar-refractivity contribution in [3.63, 3.8) is 0 Å². The van der Waals surface area contributed by atoms with Gasteiger partial charge < -0.3 is 5.32 Å². The minimum Gasteiger partial charge on any atom is -0.356 e. The van der Waals surface area contributed by atoms with E-state index in [1.54, 1.807) is 0 Å². The number of allylic oxidation sites excluding steroid dienone is 1. The molecule has 27 heavy (non-hydrogen) atoms. The fourth-order valence-corrected chi connectivity index (χ4v) is 2.80. The zero-order valence-electron chi connectivity index (χ0n) is 15.7. The van der Waals surface area contributed by atoms with Gasteiger partial charge in [0.2, 0.25) is 0 Å². The molecule has 1 N–H and O–H groups in total. The maximum absolute atomic E-state index is 3.48. The lowest BCUT2D eigenvalue weighted by molar-refractivity contribution is 1.23. The summed E-state index contributed by atoms with van der Waals surface area (Å²) >= 11 is 0. The van der Waals surface area contributed by atoms with Gasteiger partial charge in [0, 0.05) is 11.4 Å². The molecule has 0 unspecified atom stereocenters. The topological polar surface area (TPSA) is 12.0 Å². The Labute approximate surface area is 162 Å². The minimum absolute atomic E-state index is 1.08. The standard InChI is InChI=1S/C22H17N.C4H8/c1-2-8-21(9-3-1)23-22-14-12-18(13-15-22)20-11-10-17-6-4-5-7-19(17)16-20;1-3-4-2/h1-16,23H;3H,1,4H2,2H3. The molecule has 1 heteroatoms. The molecule has 0 heterocycles. The van der Waals surface area contributed by atoms with Crippen molar-refractivity contribution in [1.82, 2.24) is 0 Å². The first kappa shape index (κ1) is 18.5. The van der Waals surface area contributed by atoms with Crippen LogP contribution in [0.4, 0.5) is 11.4 Å². The molecule has 0 saturated heterocycles. The van der Waals surface area contributed by atoms with Crippen molar-refractivity contribution in [2.75, 3.05) is 5.32 Å². The van der Waals surface area contributed by atoms with Gasteiger partial charge in [-0.1, -0.05) is 79.7 Å². The molecule has 0 radical (unpaired) electrons. The number of nitrogens with one attached hydrogen (secondary N) is 1. The molecule has 0 aliphatic carbocycles. The van der Waals surface area contributed by atoms with Gasteiger partial charge in [-0.3, -0.25) is 0 Å². The minimum atomic E-state index is 1.08. The van der Waals surface area contributed by atoms with Crippen molar-refractivity contribution in [2.45, 2.75) is 13.3 Å². The van der Waals surface area contributed by atoms with E-state index >= 15 is 0 Å². The van der Waals surface area contributed by atoms with E-state index in [0.717, 1.165) is 17.8 Å². The number of fused-ring (bicyclic) bond motifs is 1. The molecular weight excluding hydrogens is 326 g/mol. The van der Waals surface area contributed by atoms with Gasteiger partial charge in [-0.05, 0) is 58.7 Å². The molecule has 0 saturated carbocycles. The molecule has 0 spiro atoms. The first-order chi connectivity index (χ1) is 13.3. The summed E-state index contributed by atoms with van der Waals surface area (Å²) in [4.78, 5) is 0. The summed E-state index contributed by atoms with van der Waals surface area (Å²) in [5.41, 5.74) is 4.68. The van der Waals surface area contributed by atoms with E-state index in [2.05, 4.69) is 97.7 Å². The van der Waals surface area contributed by atoms with Crippen LogP contribution in [0.5, 0.6) is 0 Å². The number of benzene rings is 4. The highest BCUT2D eigenvalue weighted by Gasteiger charge is 2.00. The summed E-state index contributed by atoms with van der Waals surface area (Å²) in [5.74, 6) is 0. The zero-order chi connectivity index (χ0) is 18.9. The van der Waals surface area contributed by atoms with Crippen molar-refractivity contribution in [3.8, 4) is 11.1 Å². The predicted octanol–water partition coefficient (Wildman–Crippen LogP) is 7.83. The van der Waals surface area contributed by atoms with Gasteiger partial charge in [0.05, 0.1) is 0 Å². The largest absolute Gasteiger partial charge is 0.356 e. The van der Waals surface area contributed by atoms with Crippen LogP contribution in [0, 0.1) is 0 Å². The van der Waals surface area contributed by atoms with Gasteiger partial charge in [0.25, 0.3) is 0 Å². The summed E-state index contributed by atoms with van der Waals surface area (Å²) in [6.07, 6.45) is 2.96. The van der Waals surface area contributed by atoms with Gasteiger partial charge >= 0.3 is 0 Å². The van der Waals surface area contributed by atoms with E-state index in [1.165, 1.54) is 21.9 Å². The van der Waals surface area contributed by atoms with Gasteiger partial charge in [-0.15, -0.1) is 6.58 Å². The SMILES string of the molecule is C=CCC.c1ccc(Nc2ccc(-c3ccc4ccccc4c3)cc2)cc1. The van der Waals surface area contributed by atoms with Gasteiger partial charge in [-0.25, -0.2) is 0 Å². The quantitative estimate of drug-likeness (QED) is 0.369. The van der Waals surface area contributed by atoms with Crippen molar-refractivity contribution in [3.05, 3.63) is 110 Å². The second-order valence-electron chi connectivity index (χ2n) is 6.33. The Balaban J connectivity index is 0.000000481. The van der Waals surface area contributed by atoms with E-state index < -0.39 is 0 Å². The van der Waals surface area contributed by atoms with Crippen LogP contribution in [0.15, 0.2) is 110 Å². The molecule has 0 atom stereocenters. The third kappa shape index (κ3) is 5.08. The van der Waals surface area contributed by atoms with E-state index in [9.17, 15) is 0 Å². The molecule has 0 amide bonds. The van der Waals surface area contributed by atoms with Crippen LogP contribution < -0.4 is 5.32 Å². The number of hydrogen-bond acceptors (Lipinski definition) is 1. The number of rotatable bonds is 4. The highest BCUT2D eigenvalue weighted by atomic mass is 14.9. The number of anilines is 2. The van der Waals surface area contributed by atoms with Gasteiger partial charge in [-0.2, -0.15) is 0 Å². The first-order valence-corrected chi connectivity index (χ1v) is 9.32. The molecule has 4 aromatic carbocycles. The van der Waals surface area contributed by atoms with E-state index in [1.807, 2.05) is 24.3 Å². The Kier molecular flexibility index (Phi) is 6.43. The van der Waals surface area contributed by atoms with Crippen LogP contribution in [0.3, 0.4) is 0 Å². The van der Waals surface area contributed by atoms with E-state index in [0.29, 0.717) is 0 Å². The normalized spacial score (nSPS) is 9.96. The van der Waals surface area contributed by atoms with Gasteiger partial charge in [0.1, 0.15) is 0 Å². The average Bonchev–Trinajstić information content (AvgIpc) is 2.75. The Hall–Kier alpha value is -3.32. The lowest BCUT2D eigenvalue weighted by atomic mass is 10.0. The summed E-state index contributed by atoms with van der Waals surface area (Å²) < 4.78 is 0. The van der Waals surface area contributed by atoms with Crippen LogP contribution in [-0.4, -0.2) is 0 Å². The highest BCUT2D eigenvalue weighted by Crippen LogP contribution is 2.26. The smallest absolute Gasteiger partial charge is 0.0384 e. The molecule has 1 nitrogen and oxygen atoms in total. The van der Waals surface area contributed by atoms with Gasteiger partial charge in [0.15, 0.2) is 0 Å². The first-order valence-electron chi connectivity index (χ1n) is 9.32. The van der Waals surface area contributed by atoms with Crippen molar-refractivity contribution in [1.29, 1.82) is 0 Å². The molecule has 0 aromatic heterocycles. The molecule has 0 bridgehead atoms. The fourth-order valence-electron chi connectivity index (χ4n) is 2.80. The third-order valence-corrected chi connectivity index (χ3v) is 4.32. The van der Waals surface area contributed by atoms with E-state index in [4.69, 9.17) is 0 Å². The fraction of sp³-hybridized carbons (Fsp3) is 0.0769. The van der Waals surface area contributed by atoms with Crippen LogP contribution in [0.25, 0.3) is 21.9 Å². The van der Waals surface area contributed by atoms with Crippen LogP contribution in [-0.2, 0) is 0 Å². The molecule has 4 aromatic rings. The molecule has 134 valence electrons. The Morgan fingerprint density at radius 1 is 0.667 bits per heavy atom. The van der Waals surface area contributed by atoms with E-state index in [-0.39, 0.29) is 0 Å². The lowest BCUT2D eigenvalue weighted by Gasteiger charge is -2.08. The van der Waals surface area contributed by atoms with Crippen LogP contribution in [0.2, 0.25) is 0 Å². The number of para-hydroxylation sites is 1. The molecule has 0 aliphatic rings. The molecule has 0 fully saturated rings. The molecular formula is C26H25N. The zero-order valence-corrected chi connectivity index (χ0v) is 15.7. The summed E-state index contributed by atoms with van der Waals surface area (Å²) in [7, 11) is 0. The second kappa shape index (κ2) is 9.40. The maximum Gasteiger partial charge on any atom is 0.0384 e. The maximum atomic E-state index is 3.48. The highest BCUT2D eigenvalue weighted by molar-refractivity contribution is 5.87. The molecule has 4 rings (SSSR count). The van der Waals surface area contributed by atoms with Crippen molar-refractivity contribution in [2.24, 2.45) is 0 Å². The predicted molar refractivity (Wildman–Crippen MR) is 120 cm³/mol. The number of hydrogen-bond donors (Lipinski definition) is 1. The molecule has 0 aliphatic heterocycles. The Morgan fingerprint density at radius 2 is 1.22 bits per heavy atom. The van der Waals surface area contributed by atoms with Crippen molar-refractivity contribution < 1.29 is 0 Å². The summed E-state index contributed by atoms with van der Waals surface area (Å²) in [6, 6.07) is 33.9. The van der Waals surface area contributed by atoms with Crippen LogP contribution >= 0.6 is 0 Å². The monoisotopic (exact) mass is 351 g/mol. The average molecular weight is 351 g/mol.